The fraction of sp³-hybridized carbons (Fsp3) is 0.150. The Bertz CT molecular complexity index is 921. The maximum Gasteiger partial charge on any atom is 0.203 e. The van der Waals surface area contributed by atoms with Gasteiger partial charge in [-0.3, -0.25) is 4.79 Å². The smallest absolute Gasteiger partial charge is 0.203 e. The van der Waals surface area contributed by atoms with Crippen LogP contribution in [0.3, 0.4) is 0 Å². The second-order valence-electron chi connectivity index (χ2n) is 5.65. The van der Waals surface area contributed by atoms with Crippen LogP contribution in [-0.2, 0) is 0 Å². The number of benzene rings is 2. The molecule has 2 N–H and O–H groups in total. The van der Waals surface area contributed by atoms with Crippen LogP contribution in [0, 0.1) is 0 Å². The number of methoxy groups -OCH3 is 3. The molecule has 0 aliphatic carbocycles. The summed E-state index contributed by atoms with van der Waals surface area (Å²) in [6.45, 7) is 0. The molecule has 0 fully saturated rings. The first-order chi connectivity index (χ1) is 12.6. The molecule has 0 atom stereocenters. The van der Waals surface area contributed by atoms with E-state index in [-0.39, 0.29) is 5.78 Å². The summed E-state index contributed by atoms with van der Waals surface area (Å²) < 4.78 is 17.8. The molecular formula is C20H20N2O4. The number of aromatic nitrogens is 1. The van der Waals surface area contributed by atoms with Gasteiger partial charge in [0.25, 0.3) is 0 Å². The number of hydrogen-bond acceptors (Lipinski definition) is 5. The van der Waals surface area contributed by atoms with Gasteiger partial charge >= 0.3 is 0 Å². The largest absolute Gasteiger partial charge is 0.493 e. The number of ether oxygens (including phenoxy) is 3. The Morgan fingerprint density at radius 1 is 0.923 bits per heavy atom. The highest BCUT2D eigenvalue weighted by Crippen LogP contribution is 2.38. The quantitative estimate of drug-likeness (QED) is 0.544. The standard InChI is InChI=1S/C20H20N2O4/c1-24-17-9-14(10-18(25-2)20(17)26-3)19(23)13-7-8-22(12-13)16-6-4-5-15(21)11-16/h4-12H,21H2,1-3H3. The molecule has 26 heavy (non-hydrogen) atoms. The molecule has 1 aromatic heterocycles. The Labute approximate surface area is 151 Å². The Balaban J connectivity index is 1.98. The van der Waals surface area contributed by atoms with Crippen molar-refractivity contribution in [2.24, 2.45) is 0 Å². The summed E-state index contributed by atoms with van der Waals surface area (Å²) >= 11 is 0. The van der Waals surface area contributed by atoms with Crippen molar-refractivity contribution in [3.05, 3.63) is 66.0 Å². The Hall–Kier alpha value is -3.41. The second kappa shape index (κ2) is 7.23. The van der Waals surface area contributed by atoms with Gasteiger partial charge in [0.1, 0.15) is 0 Å². The van der Waals surface area contributed by atoms with E-state index in [0.717, 1.165) is 5.69 Å². The molecule has 0 saturated carbocycles. The fourth-order valence-corrected chi connectivity index (χ4v) is 2.76. The zero-order valence-electron chi connectivity index (χ0n) is 14.9. The average Bonchev–Trinajstić information content (AvgIpc) is 3.16. The number of nitrogen functional groups attached to an aromatic ring is 1. The highest BCUT2D eigenvalue weighted by atomic mass is 16.5. The molecule has 6 nitrogen and oxygen atoms in total. The van der Waals surface area contributed by atoms with Crippen molar-refractivity contribution in [1.82, 2.24) is 4.57 Å². The molecule has 2 aromatic carbocycles. The van der Waals surface area contributed by atoms with Crippen molar-refractivity contribution >= 4 is 11.5 Å². The predicted molar refractivity (Wildman–Crippen MR) is 99.7 cm³/mol. The van der Waals surface area contributed by atoms with Gasteiger partial charge in [0.15, 0.2) is 17.3 Å². The minimum absolute atomic E-state index is 0.146. The van der Waals surface area contributed by atoms with Gasteiger partial charge in [0.2, 0.25) is 5.75 Å². The van der Waals surface area contributed by atoms with Crippen LogP contribution in [0.4, 0.5) is 5.69 Å². The van der Waals surface area contributed by atoms with Crippen LogP contribution in [0.15, 0.2) is 54.9 Å². The number of ketones is 1. The van der Waals surface area contributed by atoms with Crippen molar-refractivity contribution in [3.8, 4) is 22.9 Å². The molecule has 0 amide bonds. The van der Waals surface area contributed by atoms with Gasteiger partial charge in [-0.05, 0) is 36.4 Å². The van der Waals surface area contributed by atoms with Crippen LogP contribution < -0.4 is 19.9 Å². The first-order valence-electron chi connectivity index (χ1n) is 7.96. The molecule has 134 valence electrons. The van der Waals surface area contributed by atoms with E-state index in [0.29, 0.717) is 34.1 Å². The van der Waals surface area contributed by atoms with Gasteiger partial charge in [-0.15, -0.1) is 0 Å². The number of nitrogens with zero attached hydrogens (tertiary/aromatic N) is 1. The monoisotopic (exact) mass is 352 g/mol. The van der Waals surface area contributed by atoms with E-state index in [4.69, 9.17) is 19.9 Å². The topological polar surface area (TPSA) is 75.7 Å². The number of nitrogens with two attached hydrogens (primary N) is 1. The van der Waals surface area contributed by atoms with E-state index in [2.05, 4.69) is 0 Å². The molecular weight excluding hydrogens is 332 g/mol. The fourth-order valence-electron chi connectivity index (χ4n) is 2.76. The molecule has 6 heteroatoms. The van der Waals surface area contributed by atoms with Gasteiger partial charge in [0.05, 0.1) is 21.3 Å². The number of carbonyl (C=O) groups excluding carboxylic acids is 1. The van der Waals surface area contributed by atoms with Crippen molar-refractivity contribution in [2.45, 2.75) is 0 Å². The number of carbonyl (C=O) groups is 1. The zero-order chi connectivity index (χ0) is 18.7. The Kier molecular flexibility index (Phi) is 4.84. The Morgan fingerprint density at radius 3 is 2.19 bits per heavy atom. The van der Waals surface area contributed by atoms with Crippen LogP contribution in [-0.4, -0.2) is 31.7 Å². The SMILES string of the molecule is COc1cc(C(=O)c2ccn(-c3cccc(N)c3)c2)cc(OC)c1OC. The molecule has 3 aromatic rings. The highest BCUT2D eigenvalue weighted by molar-refractivity contribution is 6.09. The van der Waals surface area contributed by atoms with E-state index in [9.17, 15) is 4.79 Å². The Morgan fingerprint density at radius 2 is 1.62 bits per heavy atom. The number of rotatable bonds is 6. The number of anilines is 1. The predicted octanol–water partition coefficient (Wildman–Crippen LogP) is 3.32. The zero-order valence-corrected chi connectivity index (χ0v) is 14.9. The normalized spacial score (nSPS) is 10.4. The van der Waals surface area contributed by atoms with Crippen LogP contribution in [0.5, 0.6) is 17.2 Å². The lowest BCUT2D eigenvalue weighted by atomic mass is 10.0. The van der Waals surface area contributed by atoms with Crippen LogP contribution in [0.25, 0.3) is 5.69 Å². The molecule has 0 radical (unpaired) electrons. The molecule has 0 bridgehead atoms. The summed E-state index contributed by atoms with van der Waals surface area (Å²) in [6, 6.07) is 12.5. The third kappa shape index (κ3) is 3.21. The lowest BCUT2D eigenvalue weighted by molar-refractivity contribution is 0.103. The van der Waals surface area contributed by atoms with Crippen LogP contribution in [0.2, 0.25) is 0 Å². The minimum atomic E-state index is -0.146. The molecule has 0 saturated heterocycles. The van der Waals surface area contributed by atoms with E-state index in [1.54, 1.807) is 24.4 Å². The lowest BCUT2D eigenvalue weighted by Gasteiger charge is -2.13. The lowest BCUT2D eigenvalue weighted by Crippen LogP contribution is -2.03. The average molecular weight is 352 g/mol. The summed E-state index contributed by atoms with van der Waals surface area (Å²) in [4.78, 5) is 12.9. The summed E-state index contributed by atoms with van der Waals surface area (Å²) in [6.07, 6.45) is 3.58. The maximum absolute atomic E-state index is 12.9. The third-order valence-electron chi connectivity index (χ3n) is 4.05. The maximum atomic E-state index is 12.9. The van der Waals surface area contributed by atoms with Crippen LogP contribution in [0.1, 0.15) is 15.9 Å². The first-order valence-corrected chi connectivity index (χ1v) is 7.96. The highest BCUT2D eigenvalue weighted by Gasteiger charge is 2.18. The van der Waals surface area contributed by atoms with Crippen molar-refractivity contribution in [1.29, 1.82) is 0 Å². The summed E-state index contributed by atoms with van der Waals surface area (Å²) in [5.74, 6) is 1.17. The third-order valence-corrected chi connectivity index (χ3v) is 4.05. The molecule has 0 unspecified atom stereocenters. The van der Waals surface area contributed by atoms with Gasteiger partial charge < -0.3 is 24.5 Å². The van der Waals surface area contributed by atoms with Gasteiger partial charge in [-0.2, -0.15) is 0 Å². The first kappa shape index (κ1) is 17.4. The number of hydrogen-bond donors (Lipinski definition) is 1. The van der Waals surface area contributed by atoms with Crippen molar-refractivity contribution in [2.75, 3.05) is 27.1 Å². The van der Waals surface area contributed by atoms with E-state index in [1.165, 1.54) is 21.3 Å². The van der Waals surface area contributed by atoms with Gasteiger partial charge in [0, 0.05) is 34.9 Å². The van der Waals surface area contributed by atoms with Crippen LogP contribution >= 0.6 is 0 Å². The van der Waals surface area contributed by atoms with E-state index < -0.39 is 0 Å². The van der Waals surface area contributed by atoms with Gasteiger partial charge in [-0.25, -0.2) is 0 Å². The summed E-state index contributed by atoms with van der Waals surface area (Å²) in [5.41, 5.74) is 8.36. The van der Waals surface area contributed by atoms with Crippen molar-refractivity contribution < 1.29 is 19.0 Å². The van der Waals surface area contributed by atoms with Crippen molar-refractivity contribution in [3.63, 3.8) is 0 Å². The van der Waals surface area contributed by atoms with E-state index >= 15 is 0 Å². The molecule has 1 heterocycles. The summed E-state index contributed by atoms with van der Waals surface area (Å²) in [7, 11) is 4.55. The molecule has 0 aliphatic heterocycles. The molecule has 0 spiro atoms. The second-order valence-corrected chi connectivity index (χ2v) is 5.65. The molecule has 3 rings (SSSR count). The van der Waals surface area contributed by atoms with Gasteiger partial charge in [-0.1, -0.05) is 6.07 Å². The molecule has 0 aliphatic rings. The van der Waals surface area contributed by atoms with E-state index in [1.807, 2.05) is 35.0 Å². The minimum Gasteiger partial charge on any atom is -0.493 e. The summed E-state index contributed by atoms with van der Waals surface area (Å²) in [5, 5.41) is 0.